The fourth-order valence-electron chi connectivity index (χ4n) is 5.04. The minimum atomic E-state index is -0.0164. The van der Waals surface area contributed by atoms with Gasteiger partial charge in [0, 0.05) is 62.6 Å². The Bertz CT molecular complexity index is 1190. The lowest BCUT2D eigenvalue weighted by atomic mass is 10.0. The number of nitrogens with one attached hydrogen (secondary N) is 1. The maximum atomic E-state index is 14.1. The minimum Gasteiger partial charge on any atom is -0.396 e. The Labute approximate surface area is 208 Å². The number of piperazine rings is 1. The summed E-state index contributed by atoms with van der Waals surface area (Å²) < 4.78 is 1.89. The standard InChI is InChI=1S/C27H40N6O2/c1-4-6-12-28-27-29-19-24-22-11-10-21(32-15-13-31(3)14-16-32)18-23(22)26(35)33(25(24)30-27)20(8-5-2)9-7-17-34/h10-11,18-20,34H,4-9,12-17H2,1-3H3,(H,28,29,30)/t20-/m0/s1. The molecule has 3 heterocycles. The van der Waals surface area contributed by atoms with Gasteiger partial charge in [-0.15, -0.1) is 0 Å². The molecule has 1 aromatic carbocycles. The van der Waals surface area contributed by atoms with Gasteiger partial charge < -0.3 is 20.2 Å². The number of pyridine rings is 1. The average Bonchev–Trinajstić information content (AvgIpc) is 2.87. The summed E-state index contributed by atoms with van der Waals surface area (Å²) in [6.07, 6.45) is 7.20. The molecule has 8 heteroatoms. The van der Waals surface area contributed by atoms with E-state index in [-0.39, 0.29) is 18.2 Å². The molecule has 0 bridgehead atoms. The molecule has 8 nitrogen and oxygen atoms in total. The molecule has 0 aliphatic carbocycles. The van der Waals surface area contributed by atoms with Gasteiger partial charge >= 0.3 is 0 Å². The molecule has 4 rings (SSSR count). The van der Waals surface area contributed by atoms with Crippen LogP contribution in [-0.2, 0) is 0 Å². The number of anilines is 2. The fraction of sp³-hybridized carbons (Fsp3) is 0.593. The number of unbranched alkanes of at least 4 members (excludes halogenated alkanes) is 1. The van der Waals surface area contributed by atoms with Crippen molar-refractivity contribution in [2.45, 2.75) is 58.4 Å². The Morgan fingerprint density at radius 3 is 2.54 bits per heavy atom. The number of likely N-dealkylation sites (N-methyl/N-ethyl adjacent to an activating group) is 1. The topological polar surface area (TPSA) is 86.5 Å². The molecular formula is C27H40N6O2. The number of nitrogens with zero attached hydrogens (tertiary/aromatic N) is 5. The largest absolute Gasteiger partial charge is 0.396 e. The molecule has 0 radical (unpaired) electrons. The van der Waals surface area contributed by atoms with Crippen LogP contribution in [0.2, 0.25) is 0 Å². The average molecular weight is 481 g/mol. The molecule has 3 aromatic rings. The molecule has 0 amide bonds. The molecule has 1 fully saturated rings. The summed E-state index contributed by atoms with van der Waals surface area (Å²) in [6.45, 7) is 9.15. The number of aromatic nitrogens is 3. The van der Waals surface area contributed by atoms with E-state index in [2.05, 4.69) is 59.2 Å². The Kier molecular flexibility index (Phi) is 8.57. The van der Waals surface area contributed by atoms with Crippen LogP contribution in [0.4, 0.5) is 11.6 Å². The third-order valence-electron chi connectivity index (χ3n) is 7.10. The summed E-state index contributed by atoms with van der Waals surface area (Å²) >= 11 is 0. The van der Waals surface area contributed by atoms with Gasteiger partial charge in [-0.2, -0.15) is 4.98 Å². The number of fused-ring (bicyclic) bond motifs is 3. The Morgan fingerprint density at radius 1 is 1.03 bits per heavy atom. The van der Waals surface area contributed by atoms with E-state index in [9.17, 15) is 9.90 Å². The first-order chi connectivity index (χ1) is 17.1. The number of hydrogen-bond donors (Lipinski definition) is 2. The zero-order valence-corrected chi connectivity index (χ0v) is 21.5. The molecule has 1 atom stereocenters. The maximum absolute atomic E-state index is 14.1. The molecule has 2 aromatic heterocycles. The highest BCUT2D eigenvalue weighted by molar-refractivity contribution is 6.05. The van der Waals surface area contributed by atoms with Crippen LogP contribution in [0, 0.1) is 0 Å². The van der Waals surface area contributed by atoms with Crippen LogP contribution >= 0.6 is 0 Å². The van der Waals surface area contributed by atoms with E-state index < -0.39 is 0 Å². The number of hydrogen-bond acceptors (Lipinski definition) is 7. The van der Waals surface area contributed by atoms with E-state index in [1.165, 1.54) is 0 Å². The van der Waals surface area contributed by atoms with E-state index in [0.29, 0.717) is 23.4 Å². The van der Waals surface area contributed by atoms with Gasteiger partial charge in [0.2, 0.25) is 5.95 Å². The third-order valence-corrected chi connectivity index (χ3v) is 7.10. The van der Waals surface area contributed by atoms with Crippen molar-refractivity contribution in [3.8, 4) is 0 Å². The van der Waals surface area contributed by atoms with Gasteiger partial charge in [0.05, 0.1) is 5.39 Å². The van der Waals surface area contributed by atoms with E-state index >= 15 is 0 Å². The zero-order chi connectivity index (χ0) is 24.8. The number of aliphatic hydroxyl groups excluding tert-OH is 1. The molecule has 35 heavy (non-hydrogen) atoms. The quantitative estimate of drug-likeness (QED) is 0.317. The molecular weight excluding hydrogens is 440 g/mol. The van der Waals surface area contributed by atoms with Crippen LogP contribution in [0.1, 0.15) is 58.4 Å². The summed E-state index contributed by atoms with van der Waals surface area (Å²) in [4.78, 5) is 28.2. The Balaban J connectivity index is 1.87. The van der Waals surface area contributed by atoms with Crippen molar-refractivity contribution >= 4 is 33.4 Å². The lowest BCUT2D eigenvalue weighted by molar-refractivity contribution is 0.268. The second-order valence-corrected chi connectivity index (χ2v) is 9.71. The Morgan fingerprint density at radius 2 is 1.83 bits per heavy atom. The van der Waals surface area contributed by atoms with Crippen molar-refractivity contribution in [1.29, 1.82) is 0 Å². The molecule has 1 aliphatic rings. The van der Waals surface area contributed by atoms with Gasteiger partial charge in [-0.25, -0.2) is 4.98 Å². The van der Waals surface area contributed by atoms with Crippen LogP contribution in [-0.4, -0.2) is 70.9 Å². The fourth-order valence-corrected chi connectivity index (χ4v) is 5.04. The van der Waals surface area contributed by atoms with Crippen molar-refractivity contribution < 1.29 is 5.11 Å². The summed E-state index contributed by atoms with van der Waals surface area (Å²) in [6, 6.07) is 6.23. The van der Waals surface area contributed by atoms with E-state index in [1.54, 1.807) is 0 Å². The first-order valence-corrected chi connectivity index (χ1v) is 13.2. The summed E-state index contributed by atoms with van der Waals surface area (Å²) in [5.41, 5.74) is 1.77. The first-order valence-electron chi connectivity index (χ1n) is 13.2. The molecule has 1 saturated heterocycles. The van der Waals surface area contributed by atoms with Gasteiger partial charge in [-0.3, -0.25) is 9.36 Å². The van der Waals surface area contributed by atoms with Crippen LogP contribution in [0.25, 0.3) is 21.8 Å². The van der Waals surface area contributed by atoms with E-state index in [0.717, 1.165) is 81.3 Å². The van der Waals surface area contributed by atoms with E-state index in [4.69, 9.17) is 4.98 Å². The number of aliphatic hydroxyl groups is 1. The van der Waals surface area contributed by atoms with Gasteiger partial charge in [0.15, 0.2) is 0 Å². The van der Waals surface area contributed by atoms with Crippen molar-refractivity contribution in [3.63, 3.8) is 0 Å². The van der Waals surface area contributed by atoms with Gasteiger partial charge in [0.25, 0.3) is 5.56 Å². The smallest absolute Gasteiger partial charge is 0.260 e. The molecule has 0 unspecified atom stereocenters. The third kappa shape index (κ3) is 5.59. The number of rotatable bonds is 11. The molecule has 0 saturated carbocycles. The summed E-state index contributed by atoms with van der Waals surface area (Å²) in [7, 11) is 2.15. The van der Waals surface area contributed by atoms with Crippen molar-refractivity contribution in [3.05, 3.63) is 34.7 Å². The van der Waals surface area contributed by atoms with Crippen LogP contribution in [0.3, 0.4) is 0 Å². The zero-order valence-electron chi connectivity index (χ0n) is 21.5. The van der Waals surface area contributed by atoms with E-state index in [1.807, 2.05) is 10.8 Å². The highest BCUT2D eigenvalue weighted by Crippen LogP contribution is 2.30. The molecule has 0 spiro atoms. The van der Waals surface area contributed by atoms with Crippen LogP contribution < -0.4 is 15.8 Å². The van der Waals surface area contributed by atoms with Crippen molar-refractivity contribution in [1.82, 2.24) is 19.4 Å². The monoisotopic (exact) mass is 480 g/mol. The van der Waals surface area contributed by atoms with Crippen molar-refractivity contribution in [2.75, 3.05) is 56.6 Å². The van der Waals surface area contributed by atoms with Gasteiger partial charge in [0.1, 0.15) is 5.65 Å². The molecule has 2 N–H and O–H groups in total. The minimum absolute atomic E-state index is 0.00178. The SMILES string of the molecule is CCCCNc1ncc2c3ccc(N4CCN(C)CC4)cc3c(=O)n([C@@H](CCC)CCCO)c2n1. The van der Waals surface area contributed by atoms with Gasteiger partial charge in [-0.05, 0) is 50.2 Å². The van der Waals surface area contributed by atoms with Gasteiger partial charge in [-0.1, -0.05) is 32.8 Å². The second-order valence-electron chi connectivity index (χ2n) is 9.71. The predicted molar refractivity (Wildman–Crippen MR) is 145 cm³/mol. The lowest BCUT2D eigenvalue weighted by Crippen LogP contribution is -2.44. The summed E-state index contributed by atoms with van der Waals surface area (Å²) in [5, 5.41) is 15.3. The van der Waals surface area contributed by atoms with Crippen LogP contribution in [0.5, 0.6) is 0 Å². The lowest BCUT2D eigenvalue weighted by Gasteiger charge is -2.34. The molecule has 1 aliphatic heterocycles. The Hall–Kier alpha value is -2.71. The molecule has 190 valence electrons. The highest BCUT2D eigenvalue weighted by atomic mass is 16.3. The summed E-state index contributed by atoms with van der Waals surface area (Å²) in [5.74, 6) is 0.560. The first kappa shape index (κ1) is 25.4. The van der Waals surface area contributed by atoms with Crippen molar-refractivity contribution in [2.24, 2.45) is 0 Å². The number of benzene rings is 1. The normalized spacial score (nSPS) is 15.7. The highest BCUT2D eigenvalue weighted by Gasteiger charge is 2.21. The second kappa shape index (κ2) is 11.8. The predicted octanol–water partition coefficient (Wildman–Crippen LogP) is 4.02. The maximum Gasteiger partial charge on any atom is 0.260 e. The van der Waals surface area contributed by atoms with Crippen LogP contribution in [0.15, 0.2) is 29.2 Å².